The molecule has 1 aromatic carbocycles. The van der Waals surface area contributed by atoms with Crippen LogP contribution in [0, 0.1) is 5.82 Å². The maximum Gasteiger partial charge on any atom is 0.165 e. The second-order valence-corrected chi connectivity index (χ2v) is 5.45. The summed E-state index contributed by atoms with van der Waals surface area (Å²) in [6.07, 6.45) is 0.997. The van der Waals surface area contributed by atoms with E-state index in [2.05, 4.69) is 28.2 Å². The van der Waals surface area contributed by atoms with Gasteiger partial charge in [-0.2, -0.15) is 0 Å². The Bertz CT molecular complexity index is 385. The lowest BCUT2D eigenvalue weighted by Crippen LogP contribution is -2.43. The Hall–Kier alpha value is -0.650. The number of aliphatic hydroxyl groups is 1. The predicted octanol–water partition coefficient (Wildman–Crippen LogP) is 2.72. The van der Waals surface area contributed by atoms with Crippen LogP contribution in [-0.2, 0) is 0 Å². The zero-order valence-corrected chi connectivity index (χ0v) is 12.3. The lowest BCUT2D eigenvalue weighted by atomic mass is 10.1. The molecule has 0 saturated carbocycles. The summed E-state index contributed by atoms with van der Waals surface area (Å²) < 4.78 is 19.5. The second-order valence-electron chi connectivity index (χ2n) is 4.54. The molecule has 1 rings (SSSR count). The Morgan fingerprint density at radius 1 is 1.50 bits per heavy atom. The topological polar surface area (TPSA) is 41.5 Å². The lowest BCUT2D eigenvalue weighted by Gasteiger charge is -2.24. The monoisotopic (exact) mass is 319 g/mol. The van der Waals surface area contributed by atoms with Crippen LogP contribution in [-0.4, -0.2) is 30.4 Å². The van der Waals surface area contributed by atoms with Crippen molar-refractivity contribution in [1.82, 2.24) is 5.32 Å². The first-order valence-electron chi connectivity index (χ1n) is 5.95. The van der Waals surface area contributed by atoms with Gasteiger partial charge < -0.3 is 15.2 Å². The number of hydrogen-bond acceptors (Lipinski definition) is 3. The fourth-order valence-electron chi connectivity index (χ4n) is 1.41. The SMILES string of the molecule is CCCNCC(C)(O)COc1cc(Br)ccc1F. The van der Waals surface area contributed by atoms with E-state index in [4.69, 9.17) is 4.74 Å². The Balaban J connectivity index is 2.50. The normalized spacial score (nSPS) is 14.3. The molecule has 0 amide bonds. The van der Waals surface area contributed by atoms with Gasteiger partial charge in [-0.25, -0.2) is 4.39 Å². The van der Waals surface area contributed by atoms with E-state index >= 15 is 0 Å². The van der Waals surface area contributed by atoms with Gasteiger partial charge >= 0.3 is 0 Å². The van der Waals surface area contributed by atoms with E-state index in [0.29, 0.717) is 6.54 Å². The number of halogens is 2. The van der Waals surface area contributed by atoms with Gasteiger partial charge in [-0.1, -0.05) is 22.9 Å². The third-order valence-corrected chi connectivity index (χ3v) is 2.86. The van der Waals surface area contributed by atoms with E-state index in [1.54, 1.807) is 19.1 Å². The van der Waals surface area contributed by atoms with Crippen LogP contribution in [0.5, 0.6) is 5.75 Å². The highest BCUT2D eigenvalue weighted by atomic mass is 79.9. The molecule has 1 aromatic rings. The number of hydrogen-bond donors (Lipinski definition) is 2. The summed E-state index contributed by atoms with van der Waals surface area (Å²) in [5.74, 6) is -0.296. The molecule has 3 nitrogen and oxygen atoms in total. The van der Waals surface area contributed by atoms with Crippen LogP contribution in [0.25, 0.3) is 0 Å². The quantitative estimate of drug-likeness (QED) is 0.759. The van der Waals surface area contributed by atoms with Crippen molar-refractivity contribution in [1.29, 1.82) is 0 Å². The van der Waals surface area contributed by atoms with Gasteiger partial charge in [0.05, 0.1) is 0 Å². The van der Waals surface area contributed by atoms with E-state index in [9.17, 15) is 9.50 Å². The van der Waals surface area contributed by atoms with Crippen LogP contribution in [0.3, 0.4) is 0 Å². The Morgan fingerprint density at radius 2 is 2.22 bits per heavy atom. The molecule has 5 heteroatoms. The summed E-state index contributed by atoms with van der Waals surface area (Å²) in [6.45, 7) is 5.00. The number of benzene rings is 1. The van der Waals surface area contributed by atoms with Crippen molar-refractivity contribution in [2.75, 3.05) is 19.7 Å². The van der Waals surface area contributed by atoms with Crippen molar-refractivity contribution in [3.05, 3.63) is 28.5 Å². The number of ether oxygens (including phenoxy) is 1. The summed E-state index contributed by atoms with van der Waals surface area (Å²) in [5, 5.41) is 13.1. The smallest absolute Gasteiger partial charge is 0.165 e. The first-order valence-corrected chi connectivity index (χ1v) is 6.75. The predicted molar refractivity (Wildman–Crippen MR) is 73.4 cm³/mol. The molecule has 18 heavy (non-hydrogen) atoms. The van der Waals surface area contributed by atoms with Crippen LogP contribution in [0.1, 0.15) is 20.3 Å². The van der Waals surface area contributed by atoms with Gasteiger partial charge in [-0.15, -0.1) is 0 Å². The minimum Gasteiger partial charge on any atom is -0.487 e. The third-order valence-electron chi connectivity index (χ3n) is 2.36. The molecule has 0 aromatic heterocycles. The highest BCUT2D eigenvalue weighted by Crippen LogP contribution is 2.23. The first kappa shape index (κ1) is 15.4. The number of nitrogens with one attached hydrogen (secondary N) is 1. The highest BCUT2D eigenvalue weighted by molar-refractivity contribution is 9.10. The molecular formula is C13H19BrFNO2. The minimum absolute atomic E-state index is 0.0388. The van der Waals surface area contributed by atoms with Gasteiger partial charge in [0.2, 0.25) is 0 Å². The minimum atomic E-state index is -1.02. The third kappa shape index (κ3) is 5.33. The van der Waals surface area contributed by atoms with Gasteiger partial charge in [0.1, 0.15) is 12.2 Å². The summed E-state index contributed by atoms with van der Waals surface area (Å²) in [4.78, 5) is 0. The molecular weight excluding hydrogens is 301 g/mol. The van der Waals surface area contributed by atoms with Crippen LogP contribution in [0.2, 0.25) is 0 Å². The highest BCUT2D eigenvalue weighted by Gasteiger charge is 2.21. The van der Waals surface area contributed by atoms with E-state index in [1.165, 1.54) is 6.07 Å². The summed E-state index contributed by atoms with van der Waals surface area (Å²) in [6, 6.07) is 4.47. The number of rotatable bonds is 7. The molecule has 1 atom stereocenters. The Morgan fingerprint density at radius 3 is 2.89 bits per heavy atom. The molecule has 1 unspecified atom stereocenters. The molecule has 0 spiro atoms. The van der Waals surface area contributed by atoms with Crippen molar-refractivity contribution in [3.8, 4) is 5.75 Å². The van der Waals surface area contributed by atoms with Crippen molar-refractivity contribution in [2.24, 2.45) is 0 Å². The van der Waals surface area contributed by atoms with E-state index in [0.717, 1.165) is 17.4 Å². The van der Waals surface area contributed by atoms with Crippen LogP contribution in [0.4, 0.5) is 4.39 Å². The molecule has 0 fully saturated rings. The van der Waals surface area contributed by atoms with Crippen LogP contribution >= 0.6 is 15.9 Å². The van der Waals surface area contributed by atoms with E-state index in [-0.39, 0.29) is 12.4 Å². The maximum absolute atomic E-state index is 13.4. The van der Waals surface area contributed by atoms with E-state index in [1.807, 2.05) is 0 Å². The molecule has 0 saturated heterocycles. The second kappa shape index (κ2) is 7.07. The fourth-order valence-corrected chi connectivity index (χ4v) is 1.75. The zero-order chi connectivity index (χ0) is 13.6. The van der Waals surface area contributed by atoms with Gasteiger partial charge in [0, 0.05) is 11.0 Å². The Labute approximate surface area is 115 Å². The van der Waals surface area contributed by atoms with Gasteiger partial charge in [0.15, 0.2) is 11.6 Å². The van der Waals surface area contributed by atoms with Gasteiger partial charge in [-0.3, -0.25) is 0 Å². The molecule has 0 aliphatic heterocycles. The van der Waals surface area contributed by atoms with Gasteiger partial charge in [-0.05, 0) is 38.1 Å². The van der Waals surface area contributed by atoms with Crippen molar-refractivity contribution < 1.29 is 14.2 Å². The molecule has 0 heterocycles. The average Bonchev–Trinajstić information content (AvgIpc) is 2.31. The zero-order valence-electron chi connectivity index (χ0n) is 10.7. The molecule has 2 N–H and O–H groups in total. The molecule has 0 radical (unpaired) electrons. The van der Waals surface area contributed by atoms with Crippen molar-refractivity contribution in [3.63, 3.8) is 0 Å². The average molecular weight is 320 g/mol. The van der Waals surface area contributed by atoms with Crippen molar-refractivity contribution in [2.45, 2.75) is 25.9 Å². The first-order chi connectivity index (χ1) is 8.44. The maximum atomic E-state index is 13.4. The Kier molecular flexibility index (Phi) is 6.05. The standard InChI is InChI=1S/C13H19BrFNO2/c1-3-6-16-8-13(2,17)9-18-12-7-10(14)4-5-11(12)15/h4-5,7,16-17H,3,6,8-9H2,1-2H3. The van der Waals surface area contributed by atoms with Gasteiger partial charge in [0.25, 0.3) is 0 Å². The molecule has 0 aliphatic carbocycles. The summed E-state index contributed by atoms with van der Waals surface area (Å²) >= 11 is 3.25. The van der Waals surface area contributed by atoms with E-state index < -0.39 is 11.4 Å². The fraction of sp³-hybridized carbons (Fsp3) is 0.538. The molecule has 102 valence electrons. The van der Waals surface area contributed by atoms with Crippen molar-refractivity contribution >= 4 is 15.9 Å². The summed E-state index contributed by atoms with van der Waals surface area (Å²) in [7, 11) is 0. The van der Waals surface area contributed by atoms with Crippen LogP contribution < -0.4 is 10.1 Å². The van der Waals surface area contributed by atoms with Crippen LogP contribution in [0.15, 0.2) is 22.7 Å². The largest absolute Gasteiger partial charge is 0.487 e. The lowest BCUT2D eigenvalue weighted by molar-refractivity contribution is 0.0113. The summed E-state index contributed by atoms with van der Waals surface area (Å²) in [5.41, 5.74) is -1.02. The molecule has 0 bridgehead atoms. The molecule has 0 aliphatic rings.